The van der Waals surface area contributed by atoms with E-state index in [1.807, 2.05) is 60.7 Å². The summed E-state index contributed by atoms with van der Waals surface area (Å²) in [6, 6.07) is 19.2. The highest BCUT2D eigenvalue weighted by Gasteiger charge is 1.77. The molecule has 0 heterocycles. The third kappa shape index (κ3) is 4.18. The summed E-state index contributed by atoms with van der Waals surface area (Å²) in [6.07, 6.45) is 10.2. The number of rotatable bonds is 0. The van der Waals surface area contributed by atoms with Crippen molar-refractivity contribution in [3.05, 3.63) is 71.8 Å². The molecule has 2 aromatic carbocycles. The summed E-state index contributed by atoms with van der Waals surface area (Å²) in [5.41, 5.74) is 1.88. The largest absolute Gasteiger partial charge is 0.115 e. The monoisotopic (exact) mass is 204 g/mol. The van der Waals surface area contributed by atoms with Gasteiger partial charge in [0.2, 0.25) is 0 Å². The zero-order valence-electron chi connectivity index (χ0n) is 8.93. The third-order valence-electron chi connectivity index (χ3n) is 1.88. The van der Waals surface area contributed by atoms with E-state index in [0.29, 0.717) is 0 Å². The van der Waals surface area contributed by atoms with Crippen molar-refractivity contribution in [3.8, 4) is 24.7 Å². The molecule has 0 amide bonds. The highest BCUT2D eigenvalue weighted by molar-refractivity contribution is 5.31. The molecule has 0 heteroatoms. The van der Waals surface area contributed by atoms with E-state index in [1.54, 1.807) is 0 Å². The summed E-state index contributed by atoms with van der Waals surface area (Å²) in [6.45, 7) is 0. The zero-order valence-corrected chi connectivity index (χ0v) is 8.93. The Labute approximate surface area is 97.0 Å². The molecule has 2 rings (SSSR count). The fourth-order valence-electron chi connectivity index (χ4n) is 1.07. The molecule has 0 aromatic heterocycles. The molecule has 0 saturated heterocycles. The van der Waals surface area contributed by atoms with Crippen molar-refractivity contribution >= 4 is 0 Å². The predicted molar refractivity (Wildman–Crippen MR) is 68.8 cm³/mol. The van der Waals surface area contributed by atoms with Crippen LogP contribution in [0.4, 0.5) is 0 Å². The molecule has 0 radical (unpaired) electrons. The summed E-state index contributed by atoms with van der Waals surface area (Å²) in [5, 5.41) is 0. The van der Waals surface area contributed by atoms with E-state index in [0.717, 1.165) is 11.1 Å². The number of benzene rings is 2. The summed E-state index contributed by atoms with van der Waals surface area (Å²) in [7, 11) is 0. The van der Waals surface area contributed by atoms with Crippen molar-refractivity contribution in [2.75, 3.05) is 0 Å². The second kappa shape index (κ2) is 6.93. The molecule has 0 aliphatic rings. The second-order valence-corrected chi connectivity index (χ2v) is 3.02. The molecule has 76 valence electrons. The molecule has 0 bridgehead atoms. The van der Waals surface area contributed by atoms with Crippen molar-refractivity contribution in [3.63, 3.8) is 0 Å². The van der Waals surface area contributed by atoms with E-state index in [2.05, 4.69) is 11.8 Å². The maximum atomic E-state index is 5.10. The van der Waals surface area contributed by atoms with Crippen LogP contribution in [0.3, 0.4) is 0 Å². The van der Waals surface area contributed by atoms with Crippen LogP contribution in [0.15, 0.2) is 60.7 Å². The summed E-state index contributed by atoms with van der Waals surface area (Å²) >= 11 is 0. The summed E-state index contributed by atoms with van der Waals surface area (Å²) < 4.78 is 0. The maximum Gasteiger partial charge on any atom is 0.0242 e. The van der Waals surface area contributed by atoms with E-state index in [4.69, 9.17) is 12.8 Å². The van der Waals surface area contributed by atoms with Crippen LogP contribution in [-0.2, 0) is 0 Å². The van der Waals surface area contributed by atoms with E-state index >= 15 is 0 Å². The first kappa shape index (κ1) is 11.6. The van der Waals surface area contributed by atoms with Gasteiger partial charge in [-0.3, -0.25) is 0 Å². The van der Waals surface area contributed by atoms with Crippen molar-refractivity contribution in [1.82, 2.24) is 0 Å². The lowest BCUT2D eigenvalue weighted by molar-refractivity contribution is 1.65. The van der Waals surface area contributed by atoms with Crippen LogP contribution in [0.2, 0.25) is 0 Å². The number of terminal acetylenes is 2. The Balaban J connectivity index is 0.000000160. The normalized spacial score (nSPS) is 7.88. The lowest BCUT2D eigenvalue weighted by Crippen LogP contribution is -1.66. The molecule has 16 heavy (non-hydrogen) atoms. The SMILES string of the molecule is C#Cc1ccccc1.C#Cc1ccccc1. The van der Waals surface area contributed by atoms with Gasteiger partial charge in [0, 0.05) is 11.1 Å². The third-order valence-corrected chi connectivity index (χ3v) is 1.88. The van der Waals surface area contributed by atoms with Crippen molar-refractivity contribution in [1.29, 1.82) is 0 Å². The van der Waals surface area contributed by atoms with Crippen LogP contribution in [0.1, 0.15) is 11.1 Å². The smallest absolute Gasteiger partial charge is 0.0242 e. The maximum absolute atomic E-state index is 5.10. The first-order valence-corrected chi connectivity index (χ1v) is 4.90. The molecule has 0 N–H and O–H groups in total. The minimum Gasteiger partial charge on any atom is -0.115 e. The molecular weight excluding hydrogens is 192 g/mol. The average molecular weight is 204 g/mol. The van der Waals surface area contributed by atoms with Gasteiger partial charge in [0.15, 0.2) is 0 Å². The lowest BCUT2D eigenvalue weighted by atomic mass is 10.2. The lowest BCUT2D eigenvalue weighted by Gasteiger charge is -1.82. The fourth-order valence-corrected chi connectivity index (χ4v) is 1.07. The fraction of sp³-hybridized carbons (Fsp3) is 0. The van der Waals surface area contributed by atoms with E-state index in [1.165, 1.54) is 0 Å². The predicted octanol–water partition coefficient (Wildman–Crippen LogP) is 3.34. The minimum atomic E-state index is 0.938. The molecule has 0 spiro atoms. The van der Waals surface area contributed by atoms with Crippen molar-refractivity contribution < 1.29 is 0 Å². The van der Waals surface area contributed by atoms with Gasteiger partial charge in [-0.1, -0.05) is 48.2 Å². The van der Waals surface area contributed by atoms with Crippen LogP contribution < -0.4 is 0 Å². The standard InChI is InChI=1S/2C8H6/c2*1-2-8-6-4-3-5-7-8/h2*1,3-7H. The van der Waals surface area contributed by atoms with Gasteiger partial charge in [-0.25, -0.2) is 0 Å². The second-order valence-electron chi connectivity index (χ2n) is 3.02. The molecular formula is C16H12. The van der Waals surface area contributed by atoms with E-state index in [-0.39, 0.29) is 0 Å². The van der Waals surface area contributed by atoms with E-state index in [9.17, 15) is 0 Å². The first-order valence-electron chi connectivity index (χ1n) is 4.90. The Morgan fingerprint density at radius 2 is 0.875 bits per heavy atom. The van der Waals surface area contributed by atoms with Crippen LogP contribution in [-0.4, -0.2) is 0 Å². The highest BCUT2D eigenvalue weighted by atomic mass is 13.8. The summed E-state index contributed by atoms with van der Waals surface area (Å²) in [4.78, 5) is 0. The van der Waals surface area contributed by atoms with Crippen molar-refractivity contribution in [2.45, 2.75) is 0 Å². The van der Waals surface area contributed by atoms with Gasteiger partial charge in [0.1, 0.15) is 0 Å². The topological polar surface area (TPSA) is 0 Å². The van der Waals surface area contributed by atoms with Gasteiger partial charge in [0.05, 0.1) is 0 Å². The highest BCUT2D eigenvalue weighted by Crippen LogP contribution is 1.93. The quantitative estimate of drug-likeness (QED) is 0.577. The number of hydrogen-bond donors (Lipinski definition) is 0. The van der Waals surface area contributed by atoms with Gasteiger partial charge in [-0.15, -0.1) is 12.8 Å². The average Bonchev–Trinajstić information content (AvgIpc) is 2.41. The van der Waals surface area contributed by atoms with E-state index < -0.39 is 0 Å². The van der Waals surface area contributed by atoms with Crippen molar-refractivity contribution in [2.24, 2.45) is 0 Å². The molecule has 2 aromatic rings. The van der Waals surface area contributed by atoms with Gasteiger partial charge < -0.3 is 0 Å². The Hall–Kier alpha value is -2.44. The van der Waals surface area contributed by atoms with Crippen LogP contribution in [0, 0.1) is 24.7 Å². The Bertz CT molecular complexity index is 432. The molecule has 0 atom stereocenters. The van der Waals surface area contributed by atoms with Crippen LogP contribution >= 0.6 is 0 Å². The van der Waals surface area contributed by atoms with Gasteiger partial charge >= 0.3 is 0 Å². The first-order chi connectivity index (χ1) is 7.86. The molecule has 0 fully saturated rings. The Morgan fingerprint density at radius 1 is 0.562 bits per heavy atom. The molecule has 0 unspecified atom stereocenters. The van der Waals surface area contributed by atoms with Gasteiger partial charge in [-0.2, -0.15) is 0 Å². The van der Waals surface area contributed by atoms with Crippen LogP contribution in [0.25, 0.3) is 0 Å². The zero-order chi connectivity index (χ0) is 11.6. The molecule has 0 saturated carbocycles. The number of hydrogen-bond acceptors (Lipinski definition) is 0. The molecule has 0 nitrogen and oxygen atoms in total. The van der Waals surface area contributed by atoms with Gasteiger partial charge in [0.25, 0.3) is 0 Å². The minimum absolute atomic E-state index is 0.938. The van der Waals surface area contributed by atoms with Crippen LogP contribution in [0.5, 0.6) is 0 Å². The van der Waals surface area contributed by atoms with Gasteiger partial charge in [-0.05, 0) is 24.3 Å². The Kier molecular flexibility index (Phi) is 5.04. The Morgan fingerprint density at radius 3 is 1.06 bits per heavy atom. The molecule has 0 aliphatic heterocycles. The molecule has 0 aliphatic carbocycles. The summed E-state index contributed by atoms with van der Waals surface area (Å²) in [5.74, 6) is 5.05.